The summed E-state index contributed by atoms with van der Waals surface area (Å²) in [5, 5.41) is 0. The van der Waals surface area contributed by atoms with E-state index in [9.17, 15) is 0 Å². The highest BCUT2D eigenvalue weighted by molar-refractivity contribution is 5.85. The first-order valence-corrected chi connectivity index (χ1v) is 6.60. The zero-order valence-corrected chi connectivity index (χ0v) is 12.0. The van der Waals surface area contributed by atoms with E-state index >= 15 is 0 Å². The van der Waals surface area contributed by atoms with E-state index in [0.717, 1.165) is 22.4 Å². The minimum absolute atomic E-state index is 0.517. The molecule has 0 fully saturated rings. The molecule has 0 atom stereocenters. The van der Waals surface area contributed by atoms with Crippen LogP contribution >= 0.6 is 0 Å². The summed E-state index contributed by atoms with van der Waals surface area (Å²) in [6.07, 6.45) is 0. The normalized spacial score (nSPS) is 10.9. The van der Waals surface area contributed by atoms with Crippen molar-refractivity contribution in [2.45, 2.75) is 6.92 Å². The average molecular weight is 266 g/mol. The number of aromatic nitrogens is 2. The van der Waals surface area contributed by atoms with Crippen LogP contribution in [-0.4, -0.2) is 23.6 Å². The van der Waals surface area contributed by atoms with Crippen LogP contribution in [0.1, 0.15) is 5.56 Å². The smallest absolute Gasteiger partial charge is 0.206 e. The third-order valence-corrected chi connectivity index (χ3v) is 3.51. The zero-order valence-electron chi connectivity index (χ0n) is 12.0. The van der Waals surface area contributed by atoms with Crippen molar-refractivity contribution in [3.63, 3.8) is 0 Å². The highest BCUT2D eigenvalue weighted by Gasteiger charge is 2.15. The molecule has 3 aromatic rings. The maximum Gasteiger partial charge on any atom is 0.206 e. The van der Waals surface area contributed by atoms with Crippen LogP contribution in [0, 0.1) is 6.92 Å². The number of nitrogens with two attached hydrogens (primary N) is 1. The Morgan fingerprint density at radius 1 is 1.05 bits per heavy atom. The lowest BCUT2D eigenvalue weighted by molar-refractivity contribution is 1.05. The summed E-state index contributed by atoms with van der Waals surface area (Å²) in [5.74, 6) is 0.517. The Morgan fingerprint density at radius 2 is 1.80 bits per heavy atom. The Labute approximate surface area is 118 Å². The highest BCUT2D eigenvalue weighted by Crippen LogP contribution is 2.30. The van der Waals surface area contributed by atoms with Gasteiger partial charge in [-0.1, -0.05) is 24.3 Å². The van der Waals surface area contributed by atoms with E-state index in [0.29, 0.717) is 5.95 Å². The number of fused-ring (bicyclic) bond motifs is 1. The second-order valence-corrected chi connectivity index (χ2v) is 5.13. The summed E-state index contributed by atoms with van der Waals surface area (Å²) in [4.78, 5) is 6.56. The summed E-state index contributed by atoms with van der Waals surface area (Å²) in [6, 6.07) is 14.3. The van der Waals surface area contributed by atoms with Crippen LogP contribution in [0.5, 0.6) is 0 Å². The van der Waals surface area contributed by atoms with Gasteiger partial charge in [0.1, 0.15) is 0 Å². The molecule has 4 nitrogen and oxygen atoms in total. The van der Waals surface area contributed by atoms with E-state index in [1.54, 1.807) is 0 Å². The molecule has 102 valence electrons. The molecule has 0 radical (unpaired) electrons. The third kappa shape index (κ3) is 1.81. The Hall–Kier alpha value is -2.49. The molecule has 20 heavy (non-hydrogen) atoms. The lowest BCUT2D eigenvalue weighted by atomic mass is 10.2. The van der Waals surface area contributed by atoms with Gasteiger partial charge in [-0.2, -0.15) is 0 Å². The summed E-state index contributed by atoms with van der Waals surface area (Å²) in [6.45, 7) is 2.08. The fourth-order valence-electron chi connectivity index (χ4n) is 2.59. The minimum atomic E-state index is 0.517. The van der Waals surface area contributed by atoms with Crippen molar-refractivity contribution >= 4 is 22.7 Å². The molecular formula is C16H18N4. The molecule has 0 saturated heterocycles. The van der Waals surface area contributed by atoms with Gasteiger partial charge >= 0.3 is 0 Å². The van der Waals surface area contributed by atoms with Crippen molar-refractivity contribution < 1.29 is 0 Å². The third-order valence-electron chi connectivity index (χ3n) is 3.51. The molecule has 1 heterocycles. The monoisotopic (exact) mass is 266 g/mol. The van der Waals surface area contributed by atoms with Crippen molar-refractivity contribution in [2.24, 2.45) is 0 Å². The number of aryl methyl sites for hydroxylation is 1. The van der Waals surface area contributed by atoms with Crippen LogP contribution < -0.4 is 10.6 Å². The quantitative estimate of drug-likeness (QED) is 0.775. The number of benzene rings is 2. The van der Waals surface area contributed by atoms with E-state index in [1.165, 1.54) is 5.56 Å². The first-order chi connectivity index (χ1) is 9.59. The second-order valence-electron chi connectivity index (χ2n) is 5.13. The molecule has 4 heteroatoms. The minimum Gasteiger partial charge on any atom is -0.376 e. The molecule has 0 aliphatic heterocycles. The number of nitrogen functional groups attached to an aromatic ring is 1. The first kappa shape index (κ1) is 12.5. The predicted molar refractivity (Wildman–Crippen MR) is 84.5 cm³/mol. The van der Waals surface area contributed by atoms with Crippen LogP contribution in [0.3, 0.4) is 0 Å². The summed E-state index contributed by atoms with van der Waals surface area (Å²) >= 11 is 0. The maximum atomic E-state index is 6.16. The number of hydrogen-bond donors (Lipinski definition) is 1. The number of para-hydroxylation sites is 3. The molecule has 0 aliphatic carbocycles. The predicted octanol–water partition coefficient (Wildman–Crippen LogP) is 2.98. The van der Waals surface area contributed by atoms with Crippen molar-refractivity contribution in [3.8, 4) is 5.69 Å². The van der Waals surface area contributed by atoms with Gasteiger partial charge in [-0.25, -0.2) is 4.98 Å². The summed E-state index contributed by atoms with van der Waals surface area (Å²) in [5.41, 5.74) is 11.5. The molecular weight excluding hydrogens is 248 g/mol. The van der Waals surface area contributed by atoms with Crippen molar-refractivity contribution in [1.82, 2.24) is 9.55 Å². The van der Waals surface area contributed by atoms with Crippen molar-refractivity contribution in [2.75, 3.05) is 24.7 Å². The van der Waals surface area contributed by atoms with Crippen molar-refractivity contribution in [1.29, 1.82) is 0 Å². The van der Waals surface area contributed by atoms with E-state index < -0.39 is 0 Å². The fraction of sp³-hybridized carbons (Fsp3) is 0.188. The molecule has 2 aromatic carbocycles. The van der Waals surface area contributed by atoms with E-state index in [-0.39, 0.29) is 0 Å². The van der Waals surface area contributed by atoms with E-state index in [2.05, 4.69) is 35.0 Å². The topological polar surface area (TPSA) is 47.1 Å². The van der Waals surface area contributed by atoms with Crippen molar-refractivity contribution in [3.05, 3.63) is 48.0 Å². The van der Waals surface area contributed by atoms with Gasteiger partial charge in [0.15, 0.2) is 0 Å². The molecule has 1 aromatic heterocycles. The lowest BCUT2D eigenvalue weighted by Crippen LogP contribution is -2.13. The van der Waals surface area contributed by atoms with Crippen LogP contribution in [0.4, 0.5) is 11.6 Å². The van der Waals surface area contributed by atoms with Crippen LogP contribution in [-0.2, 0) is 0 Å². The number of nitrogens with zero attached hydrogens (tertiary/aromatic N) is 3. The van der Waals surface area contributed by atoms with Crippen LogP contribution in [0.2, 0.25) is 0 Å². The van der Waals surface area contributed by atoms with Crippen LogP contribution in [0.15, 0.2) is 42.5 Å². The highest BCUT2D eigenvalue weighted by atomic mass is 15.2. The molecule has 0 aliphatic rings. The maximum absolute atomic E-state index is 6.16. The molecule has 0 unspecified atom stereocenters. The number of hydrogen-bond acceptors (Lipinski definition) is 3. The van der Waals surface area contributed by atoms with E-state index in [4.69, 9.17) is 5.73 Å². The summed E-state index contributed by atoms with van der Waals surface area (Å²) < 4.78 is 2.03. The Balaban J connectivity index is 2.38. The zero-order chi connectivity index (χ0) is 14.3. The van der Waals surface area contributed by atoms with Gasteiger partial charge in [-0.05, 0) is 30.7 Å². The van der Waals surface area contributed by atoms with Gasteiger partial charge in [-0.3, -0.25) is 4.57 Å². The Morgan fingerprint density at radius 3 is 2.55 bits per heavy atom. The fourth-order valence-corrected chi connectivity index (χ4v) is 2.59. The Kier molecular flexibility index (Phi) is 2.86. The largest absolute Gasteiger partial charge is 0.376 e. The average Bonchev–Trinajstić information content (AvgIpc) is 2.76. The van der Waals surface area contributed by atoms with Gasteiger partial charge in [0.05, 0.1) is 22.4 Å². The number of rotatable bonds is 2. The molecule has 2 N–H and O–H groups in total. The SMILES string of the molecule is Cc1cccc2nc(N)n(-c3ccccc3N(C)C)c12. The lowest BCUT2D eigenvalue weighted by Gasteiger charge is -2.19. The summed E-state index contributed by atoms with van der Waals surface area (Å²) in [7, 11) is 4.06. The number of imidazole rings is 1. The van der Waals surface area contributed by atoms with E-state index in [1.807, 2.05) is 42.9 Å². The molecule has 0 amide bonds. The van der Waals surface area contributed by atoms with Gasteiger partial charge in [0, 0.05) is 14.1 Å². The van der Waals surface area contributed by atoms with Gasteiger partial charge in [0.25, 0.3) is 0 Å². The Bertz CT molecular complexity index is 771. The number of anilines is 2. The van der Waals surface area contributed by atoms with Gasteiger partial charge < -0.3 is 10.6 Å². The molecule has 0 bridgehead atoms. The molecule has 0 spiro atoms. The standard InChI is InChI=1S/C16H18N4/c1-11-7-6-8-12-15(11)20(16(17)18-12)14-10-5-4-9-13(14)19(2)3/h4-10H,1-3H3,(H2,17,18). The van der Waals surface area contributed by atoms with Gasteiger partial charge in [-0.15, -0.1) is 0 Å². The van der Waals surface area contributed by atoms with Gasteiger partial charge in [0.2, 0.25) is 5.95 Å². The first-order valence-electron chi connectivity index (χ1n) is 6.60. The second kappa shape index (κ2) is 4.56. The van der Waals surface area contributed by atoms with Crippen LogP contribution in [0.25, 0.3) is 16.7 Å². The molecule has 3 rings (SSSR count). The molecule has 0 saturated carbocycles.